The Morgan fingerprint density at radius 2 is 1.66 bits per heavy atom. The van der Waals surface area contributed by atoms with Gasteiger partial charge >= 0.3 is 0 Å². The number of nitrogens with one attached hydrogen (secondary N) is 1. The van der Waals surface area contributed by atoms with E-state index in [-0.39, 0.29) is 35.2 Å². The van der Waals surface area contributed by atoms with Crippen LogP contribution in [0.3, 0.4) is 0 Å². The minimum absolute atomic E-state index is 0.0876. The van der Waals surface area contributed by atoms with Gasteiger partial charge in [0.2, 0.25) is 11.8 Å². The second-order valence-electron chi connectivity index (χ2n) is 9.81. The van der Waals surface area contributed by atoms with Crippen molar-refractivity contribution >= 4 is 33.2 Å². The van der Waals surface area contributed by atoms with Crippen molar-refractivity contribution < 1.29 is 27.3 Å². The molecule has 0 fully saturated rings. The Morgan fingerprint density at radius 1 is 1.00 bits per heavy atom. The number of hydrogen-bond donors (Lipinski definition) is 1. The Balaban J connectivity index is 2.07. The van der Waals surface area contributed by atoms with Gasteiger partial charge < -0.3 is 10.2 Å². The lowest BCUT2D eigenvalue weighted by atomic mass is 10.1. The Kier molecular flexibility index (Phi) is 10.5. The third kappa shape index (κ3) is 8.10. The summed E-state index contributed by atoms with van der Waals surface area (Å²) in [5.74, 6) is -1.45. The van der Waals surface area contributed by atoms with Gasteiger partial charge in [0.25, 0.3) is 15.7 Å². The summed E-state index contributed by atoms with van der Waals surface area (Å²) in [5.41, 5.74) is 0.0870. The van der Waals surface area contributed by atoms with Gasteiger partial charge in [-0.15, -0.1) is 0 Å². The number of carbonyl (C=O) groups is 2. The normalized spacial score (nSPS) is 12.0. The maximum Gasteiger partial charge on any atom is 0.271 e. The van der Waals surface area contributed by atoms with Crippen molar-refractivity contribution in [3.05, 3.63) is 100 Å². The third-order valence-electron chi connectivity index (χ3n) is 6.28. The minimum Gasteiger partial charge on any atom is -0.354 e. The number of nitro benzene ring substituents is 1. The zero-order valence-electron chi connectivity index (χ0n) is 23.1. The number of nitro groups is 1. The Hall–Kier alpha value is -4.32. The molecule has 0 aromatic heterocycles. The molecular weight excluding hydrogens is 551 g/mol. The molecule has 0 spiro atoms. The fourth-order valence-corrected chi connectivity index (χ4v) is 5.57. The zero-order valence-corrected chi connectivity index (χ0v) is 23.9. The standard InChI is InChI=1S/C29H33FN4O6S/c1-4-27(29(36)31-18-21(2)3)32(19-22-13-15-23(30)16-14-22)28(35)20-33(24-9-8-10-25(17-24)34(37)38)41(39,40)26-11-6-5-7-12-26/h5-17,21,27H,4,18-20H2,1-3H3,(H,31,36)/t27-/m0/s1. The van der Waals surface area contributed by atoms with E-state index in [0.717, 1.165) is 10.4 Å². The van der Waals surface area contributed by atoms with Gasteiger partial charge in [-0.25, -0.2) is 12.8 Å². The lowest BCUT2D eigenvalue weighted by Crippen LogP contribution is -2.52. The number of sulfonamides is 1. The number of carbonyl (C=O) groups excluding carboxylic acids is 2. The van der Waals surface area contributed by atoms with Crippen molar-refractivity contribution in [2.24, 2.45) is 5.92 Å². The Labute approximate surface area is 239 Å². The summed E-state index contributed by atoms with van der Waals surface area (Å²) in [5, 5.41) is 14.3. The van der Waals surface area contributed by atoms with Gasteiger partial charge in [-0.05, 0) is 48.2 Å². The first-order valence-electron chi connectivity index (χ1n) is 13.1. The van der Waals surface area contributed by atoms with Crippen LogP contribution in [-0.2, 0) is 26.2 Å². The van der Waals surface area contributed by atoms with Gasteiger partial charge in [0.05, 0.1) is 15.5 Å². The molecule has 0 aliphatic carbocycles. The van der Waals surface area contributed by atoms with Crippen molar-refractivity contribution in [3.63, 3.8) is 0 Å². The van der Waals surface area contributed by atoms with E-state index < -0.39 is 45.2 Å². The van der Waals surface area contributed by atoms with Gasteiger partial charge in [-0.2, -0.15) is 0 Å². The van der Waals surface area contributed by atoms with Crippen LogP contribution in [-0.4, -0.2) is 49.2 Å². The molecule has 0 saturated carbocycles. The van der Waals surface area contributed by atoms with Crippen LogP contribution in [0.15, 0.2) is 83.8 Å². The number of rotatable bonds is 13. The highest BCUT2D eigenvalue weighted by atomic mass is 32.2. The quantitative estimate of drug-likeness (QED) is 0.232. The molecule has 0 aliphatic heterocycles. The van der Waals surface area contributed by atoms with Crippen molar-refractivity contribution in [3.8, 4) is 0 Å². The zero-order chi connectivity index (χ0) is 30.2. The molecule has 10 nitrogen and oxygen atoms in total. The van der Waals surface area contributed by atoms with Gasteiger partial charge in [0.15, 0.2) is 0 Å². The molecule has 3 aromatic rings. The summed E-state index contributed by atoms with van der Waals surface area (Å²) in [6.07, 6.45) is 0.221. The molecule has 12 heteroatoms. The van der Waals surface area contributed by atoms with Crippen LogP contribution in [0.5, 0.6) is 0 Å². The molecule has 0 saturated heterocycles. The van der Waals surface area contributed by atoms with Crippen LogP contribution >= 0.6 is 0 Å². The van der Waals surface area contributed by atoms with Gasteiger partial charge in [0.1, 0.15) is 18.4 Å². The van der Waals surface area contributed by atoms with E-state index in [1.807, 2.05) is 13.8 Å². The van der Waals surface area contributed by atoms with E-state index in [1.165, 1.54) is 71.6 Å². The van der Waals surface area contributed by atoms with E-state index in [9.17, 15) is 32.5 Å². The van der Waals surface area contributed by atoms with E-state index in [1.54, 1.807) is 13.0 Å². The van der Waals surface area contributed by atoms with E-state index in [2.05, 4.69) is 5.32 Å². The molecule has 1 N–H and O–H groups in total. The first-order valence-corrected chi connectivity index (χ1v) is 14.5. The molecule has 3 aromatic carbocycles. The van der Waals surface area contributed by atoms with Crippen LogP contribution in [0.4, 0.5) is 15.8 Å². The second-order valence-corrected chi connectivity index (χ2v) is 11.7. The largest absolute Gasteiger partial charge is 0.354 e. The molecule has 2 amide bonds. The van der Waals surface area contributed by atoms with Crippen molar-refractivity contribution in [1.82, 2.24) is 10.2 Å². The predicted molar refractivity (Wildman–Crippen MR) is 153 cm³/mol. The van der Waals surface area contributed by atoms with Gasteiger partial charge in [-0.3, -0.25) is 24.0 Å². The van der Waals surface area contributed by atoms with E-state index in [0.29, 0.717) is 12.1 Å². The molecule has 3 rings (SSSR count). The smallest absolute Gasteiger partial charge is 0.271 e. The van der Waals surface area contributed by atoms with Crippen molar-refractivity contribution in [2.45, 2.75) is 44.7 Å². The third-order valence-corrected chi connectivity index (χ3v) is 8.06. The average molecular weight is 585 g/mol. The first-order chi connectivity index (χ1) is 19.4. The summed E-state index contributed by atoms with van der Waals surface area (Å²) in [6.45, 7) is 5.11. The highest BCUT2D eigenvalue weighted by Gasteiger charge is 2.34. The van der Waals surface area contributed by atoms with Gasteiger partial charge in [0, 0.05) is 25.2 Å². The minimum atomic E-state index is -4.36. The Morgan fingerprint density at radius 3 is 2.24 bits per heavy atom. The summed E-state index contributed by atoms with van der Waals surface area (Å²) < 4.78 is 42.0. The first kappa shape index (κ1) is 31.2. The predicted octanol–water partition coefficient (Wildman–Crippen LogP) is 4.51. The summed E-state index contributed by atoms with van der Waals surface area (Å²) >= 11 is 0. The monoisotopic (exact) mass is 584 g/mol. The molecule has 0 bridgehead atoms. The molecule has 1 atom stereocenters. The van der Waals surface area contributed by atoms with Crippen LogP contribution < -0.4 is 9.62 Å². The molecule has 41 heavy (non-hydrogen) atoms. The summed E-state index contributed by atoms with van der Waals surface area (Å²) in [6, 6.07) is 16.8. The SMILES string of the molecule is CC[C@@H](C(=O)NCC(C)C)N(Cc1ccc(F)cc1)C(=O)CN(c1cccc([N+](=O)[O-])c1)S(=O)(=O)c1ccccc1. The highest BCUT2D eigenvalue weighted by Crippen LogP contribution is 2.27. The number of benzene rings is 3. The molecule has 218 valence electrons. The maximum atomic E-state index is 14.0. The number of amides is 2. The lowest BCUT2D eigenvalue weighted by Gasteiger charge is -2.33. The van der Waals surface area contributed by atoms with Crippen LogP contribution in [0.2, 0.25) is 0 Å². The second kappa shape index (κ2) is 13.8. The number of hydrogen-bond acceptors (Lipinski definition) is 6. The summed E-state index contributed by atoms with van der Waals surface area (Å²) in [4.78, 5) is 39.1. The van der Waals surface area contributed by atoms with Crippen LogP contribution in [0.1, 0.15) is 32.8 Å². The topological polar surface area (TPSA) is 130 Å². The van der Waals surface area contributed by atoms with Gasteiger partial charge in [-0.1, -0.05) is 57.2 Å². The number of non-ortho nitro benzene ring substituents is 1. The molecular formula is C29H33FN4O6S. The fraction of sp³-hybridized carbons (Fsp3) is 0.310. The highest BCUT2D eigenvalue weighted by molar-refractivity contribution is 7.92. The lowest BCUT2D eigenvalue weighted by molar-refractivity contribution is -0.384. The number of nitrogens with zero attached hydrogens (tertiary/aromatic N) is 3. The molecule has 0 aliphatic rings. The Bertz CT molecular complexity index is 1470. The van der Waals surface area contributed by atoms with Crippen LogP contribution in [0, 0.1) is 21.8 Å². The molecule has 0 radical (unpaired) electrons. The fourth-order valence-electron chi connectivity index (χ4n) is 4.14. The average Bonchev–Trinajstić information content (AvgIpc) is 2.96. The molecule has 0 unspecified atom stereocenters. The molecule has 0 heterocycles. The maximum absolute atomic E-state index is 14.0. The summed E-state index contributed by atoms with van der Waals surface area (Å²) in [7, 11) is -4.36. The van der Waals surface area contributed by atoms with Crippen molar-refractivity contribution in [1.29, 1.82) is 0 Å². The van der Waals surface area contributed by atoms with E-state index in [4.69, 9.17) is 0 Å². The number of halogens is 1. The van der Waals surface area contributed by atoms with E-state index >= 15 is 0 Å². The number of anilines is 1. The van der Waals surface area contributed by atoms with Crippen molar-refractivity contribution in [2.75, 3.05) is 17.4 Å². The van der Waals surface area contributed by atoms with Crippen LogP contribution in [0.25, 0.3) is 0 Å².